The van der Waals surface area contributed by atoms with E-state index in [1.165, 1.54) is 7.11 Å². The largest absolute Gasteiger partial charge is 0.467 e. The number of ether oxygens (including phenoxy) is 1. The Morgan fingerprint density at radius 3 is 2.57 bits per heavy atom. The molecule has 1 heterocycles. The number of rotatable bonds is 2. The van der Waals surface area contributed by atoms with Gasteiger partial charge in [0, 0.05) is 10.6 Å². The first-order chi connectivity index (χ1) is 6.79. The van der Waals surface area contributed by atoms with Crippen molar-refractivity contribution in [3.8, 4) is 17.2 Å². The van der Waals surface area contributed by atoms with Gasteiger partial charge in [-0.25, -0.2) is 0 Å². The van der Waals surface area contributed by atoms with Crippen LogP contribution in [0.3, 0.4) is 0 Å². The van der Waals surface area contributed by atoms with Gasteiger partial charge in [-0.1, -0.05) is 28.9 Å². The van der Waals surface area contributed by atoms with E-state index in [-0.39, 0.29) is 0 Å². The third-order valence-corrected chi connectivity index (χ3v) is 2.08. The second-order valence-corrected chi connectivity index (χ2v) is 3.18. The highest BCUT2D eigenvalue weighted by molar-refractivity contribution is 6.30. The fourth-order valence-electron chi connectivity index (χ4n) is 1.11. The molecule has 14 heavy (non-hydrogen) atoms. The van der Waals surface area contributed by atoms with Crippen LogP contribution in [-0.4, -0.2) is 12.3 Å². The molecule has 0 amide bonds. The van der Waals surface area contributed by atoms with Crippen LogP contribution in [0.25, 0.3) is 11.3 Å². The fraction of sp³-hybridized carbons (Fsp3) is 0.100. The first-order valence-electron chi connectivity index (χ1n) is 4.06. The molecule has 2 aromatic rings. The number of benzene rings is 1. The average molecular weight is 210 g/mol. The van der Waals surface area contributed by atoms with Crippen LogP contribution in [-0.2, 0) is 0 Å². The molecule has 1 aromatic carbocycles. The van der Waals surface area contributed by atoms with Crippen LogP contribution in [0.2, 0.25) is 5.02 Å². The van der Waals surface area contributed by atoms with E-state index < -0.39 is 0 Å². The first-order valence-corrected chi connectivity index (χ1v) is 4.44. The normalized spacial score (nSPS) is 10.1. The standard InChI is InChI=1S/C10H8ClNO2/c1-13-10-6-9(12-14-10)7-2-4-8(11)5-3-7/h2-6H,1H3. The van der Waals surface area contributed by atoms with Crippen molar-refractivity contribution >= 4 is 11.6 Å². The molecule has 2 rings (SSSR count). The fourth-order valence-corrected chi connectivity index (χ4v) is 1.24. The summed E-state index contributed by atoms with van der Waals surface area (Å²) in [5, 5.41) is 4.54. The second-order valence-electron chi connectivity index (χ2n) is 2.74. The second kappa shape index (κ2) is 3.72. The lowest BCUT2D eigenvalue weighted by Crippen LogP contribution is -1.76. The van der Waals surface area contributed by atoms with Crippen molar-refractivity contribution in [1.29, 1.82) is 0 Å². The molecule has 0 aliphatic rings. The van der Waals surface area contributed by atoms with E-state index in [4.69, 9.17) is 20.9 Å². The summed E-state index contributed by atoms with van der Waals surface area (Å²) in [5.74, 6) is 0.398. The van der Waals surface area contributed by atoms with Gasteiger partial charge in [-0.3, -0.25) is 0 Å². The summed E-state index contributed by atoms with van der Waals surface area (Å²) in [5.41, 5.74) is 1.68. The minimum absolute atomic E-state index is 0.398. The maximum absolute atomic E-state index is 5.76. The van der Waals surface area contributed by atoms with E-state index in [1.54, 1.807) is 18.2 Å². The summed E-state index contributed by atoms with van der Waals surface area (Å²) in [4.78, 5) is 0. The Balaban J connectivity index is 2.34. The van der Waals surface area contributed by atoms with Crippen molar-refractivity contribution in [2.45, 2.75) is 0 Å². The van der Waals surface area contributed by atoms with Crippen LogP contribution >= 0.6 is 11.6 Å². The summed E-state index contributed by atoms with van der Waals surface area (Å²) < 4.78 is 9.78. The number of halogens is 1. The zero-order valence-electron chi connectivity index (χ0n) is 7.53. The Kier molecular flexibility index (Phi) is 2.41. The quantitative estimate of drug-likeness (QED) is 0.763. The molecule has 72 valence electrons. The van der Waals surface area contributed by atoms with Crippen molar-refractivity contribution < 1.29 is 9.26 Å². The van der Waals surface area contributed by atoms with Crippen LogP contribution in [0.4, 0.5) is 0 Å². The highest BCUT2D eigenvalue weighted by Gasteiger charge is 2.05. The van der Waals surface area contributed by atoms with Gasteiger partial charge in [0.25, 0.3) is 0 Å². The smallest absolute Gasteiger partial charge is 0.311 e. The lowest BCUT2D eigenvalue weighted by molar-refractivity contribution is 0.261. The zero-order chi connectivity index (χ0) is 9.97. The molecule has 1 aromatic heterocycles. The SMILES string of the molecule is COc1cc(-c2ccc(Cl)cc2)no1. The minimum atomic E-state index is 0.398. The number of methoxy groups -OCH3 is 1. The third-order valence-electron chi connectivity index (χ3n) is 1.83. The van der Waals surface area contributed by atoms with Crippen molar-refractivity contribution in [3.05, 3.63) is 35.4 Å². The predicted molar refractivity (Wildman–Crippen MR) is 53.5 cm³/mol. The minimum Gasteiger partial charge on any atom is -0.467 e. The van der Waals surface area contributed by atoms with Gasteiger partial charge in [-0.15, -0.1) is 0 Å². The Labute approximate surface area is 86.2 Å². The van der Waals surface area contributed by atoms with E-state index >= 15 is 0 Å². The van der Waals surface area contributed by atoms with Crippen LogP contribution in [0.15, 0.2) is 34.9 Å². The van der Waals surface area contributed by atoms with E-state index in [0.717, 1.165) is 11.3 Å². The summed E-state index contributed by atoms with van der Waals surface area (Å²) in [6, 6.07) is 9.08. The Hall–Kier alpha value is -1.48. The Morgan fingerprint density at radius 2 is 2.00 bits per heavy atom. The van der Waals surface area contributed by atoms with Gasteiger partial charge in [-0.05, 0) is 12.1 Å². The molecule has 0 N–H and O–H groups in total. The molecule has 3 nitrogen and oxygen atoms in total. The summed E-state index contributed by atoms with van der Waals surface area (Å²) in [7, 11) is 1.53. The van der Waals surface area contributed by atoms with Crippen molar-refractivity contribution in [3.63, 3.8) is 0 Å². The molecule has 0 saturated carbocycles. The number of hydrogen-bond donors (Lipinski definition) is 0. The number of aromatic nitrogens is 1. The Morgan fingerprint density at radius 1 is 1.29 bits per heavy atom. The molecule has 4 heteroatoms. The lowest BCUT2D eigenvalue weighted by Gasteiger charge is -1.93. The summed E-state index contributed by atoms with van der Waals surface area (Å²) in [6.07, 6.45) is 0. The van der Waals surface area contributed by atoms with Gasteiger partial charge in [0.05, 0.1) is 13.2 Å². The number of nitrogens with zero attached hydrogens (tertiary/aromatic N) is 1. The van der Waals surface area contributed by atoms with E-state index in [9.17, 15) is 0 Å². The zero-order valence-corrected chi connectivity index (χ0v) is 8.28. The van der Waals surface area contributed by atoms with E-state index in [2.05, 4.69) is 5.16 Å². The summed E-state index contributed by atoms with van der Waals surface area (Å²) >= 11 is 5.76. The molecule has 0 bridgehead atoms. The Bertz CT molecular complexity index is 422. The maximum atomic E-state index is 5.76. The van der Waals surface area contributed by atoms with Gasteiger partial charge in [0.2, 0.25) is 0 Å². The average Bonchev–Trinajstić information content (AvgIpc) is 2.67. The van der Waals surface area contributed by atoms with Crippen LogP contribution < -0.4 is 4.74 Å². The first kappa shape index (κ1) is 9.09. The van der Waals surface area contributed by atoms with Crippen LogP contribution in [0.1, 0.15) is 0 Å². The molecule has 0 saturated heterocycles. The highest BCUT2D eigenvalue weighted by atomic mass is 35.5. The molecule has 0 fully saturated rings. The van der Waals surface area contributed by atoms with E-state index in [1.807, 2.05) is 12.1 Å². The maximum Gasteiger partial charge on any atom is 0.311 e. The molecular weight excluding hydrogens is 202 g/mol. The van der Waals surface area contributed by atoms with Gasteiger partial charge in [0.1, 0.15) is 5.69 Å². The summed E-state index contributed by atoms with van der Waals surface area (Å²) in [6.45, 7) is 0. The van der Waals surface area contributed by atoms with Crippen LogP contribution in [0, 0.1) is 0 Å². The van der Waals surface area contributed by atoms with Crippen LogP contribution in [0.5, 0.6) is 5.95 Å². The van der Waals surface area contributed by atoms with Gasteiger partial charge in [0.15, 0.2) is 0 Å². The highest BCUT2D eigenvalue weighted by Crippen LogP contribution is 2.23. The topological polar surface area (TPSA) is 35.3 Å². The van der Waals surface area contributed by atoms with E-state index in [0.29, 0.717) is 11.0 Å². The van der Waals surface area contributed by atoms with Crippen molar-refractivity contribution in [2.75, 3.05) is 7.11 Å². The molecule has 0 unspecified atom stereocenters. The lowest BCUT2D eigenvalue weighted by atomic mass is 10.2. The molecule has 0 radical (unpaired) electrons. The van der Waals surface area contributed by atoms with Gasteiger partial charge in [-0.2, -0.15) is 0 Å². The predicted octanol–water partition coefficient (Wildman–Crippen LogP) is 3.00. The van der Waals surface area contributed by atoms with Crippen molar-refractivity contribution in [2.24, 2.45) is 0 Å². The third kappa shape index (κ3) is 1.72. The van der Waals surface area contributed by atoms with Gasteiger partial charge >= 0.3 is 5.95 Å². The monoisotopic (exact) mass is 209 g/mol. The van der Waals surface area contributed by atoms with Crippen molar-refractivity contribution in [1.82, 2.24) is 5.16 Å². The molecule has 0 aliphatic carbocycles. The molecule has 0 atom stereocenters. The van der Waals surface area contributed by atoms with Gasteiger partial charge < -0.3 is 9.26 Å². The molecule has 0 spiro atoms. The molecular formula is C10H8ClNO2. The molecule has 0 aliphatic heterocycles. The number of hydrogen-bond acceptors (Lipinski definition) is 3.